The summed E-state index contributed by atoms with van der Waals surface area (Å²) >= 11 is 0. The molecule has 0 fully saturated rings. The van der Waals surface area contributed by atoms with E-state index in [2.05, 4.69) is 0 Å². The highest BCUT2D eigenvalue weighted by molar-refractivity contribution is 6.01. The molecule has 0 aliphatic heterocycles. The van der Waals surface area contributed by atoms with E-state index in [4.69, 9.17) is 5.11 Å². The van der Waals surface area contributed by atoms with E-state index < -0.39 is 17.8 Å². The van der Waals surface area contributed by atoms with Gasteiger partial charge in [0.05, 0.1) is 6.10 Å². The first kappa shape index (κ1) is 14.0. The summed E-state index contributed by atoms with van der Waals surface area (Å²) < 4.78 is 0. The predicted molar refractivity (Wildman–Crippen MR) is 56.3 cm³/mol. The summed E-state index contributed by atoms with van der Waals surface area (Å²) in [7, 11) is 0. The maximum absolute atomic E-state index is 11.4. The van der Waals surface area contributed by atoms with E-state index >= 15 is 0 Å². The second kappa shape index (κ2) is 8.32. The molecule has 0 radical (unpaired) electrons. The van der Waals surface area contributed by atoms with Crippen molar-refractivity contribution in [2.75, 3.05) is 6.61 Å². The van der Waals surface area contributed by atoms with Crippen LogP contribution in [0.25, 0.3) is 0 Å². The van der Waals surface area contributed by atoms with Crippen molar-refractivity contribution in [2.45, 2.75) is 32.3 Å². The van der Waals surface area contributed by atoms with Crippen molar-refractivity contribution in [2.24, 2.45) is 5.92 Å². The maximum Gasteiger partial charge on any atom is 0.168 e. The lowest BCUT2D eigenvalue weighted by Crippen LogP contribution is -2.29. The Labute approximate surface area is 89.6 Å². The molecular weight excluding hydrogens is 196 g/mol. The largest absolute Gasteiger partial charge is 0.396 e. The van der Waals surface area contributed by atoms with Crippen molar-refractivity contribution in [1.82, 2.24) is 0 Å². The van der Waals surface area contributed by atoms with Crippen LogP contribution in [0.1, 0.15) is 26.2 Å². The number of unbranched alkanes of at least 4 members (excludes halogenated alkanes) is 1. The topological polar surface area (TPSA) is 74.6 Å². The van der Waals surface area contributed by atoms with Gasteiger partial charge in [-0.15, -0.1) is 0 Å². The van der Waals surface area contributed by atoms with Crippen molar-refractivity contribution < 1.29 is 19.8 Å². The number of aliphatic hydroxyl groups is 2. The first-order chi connectivity index (χ1) is 7.17. The van der Waals surface area contributed by atoms with E-state index in [0.717, 1.165) is 12.8 Å². The van der Waals surface area contributed by atoms with Gasteiger partial charge in [-0.3, -0.25) is 4.79 Å². The SMILES string of the molecule is CCC/C=C\C(=O)C(C=O)C(O)CCO. The minimum absolute atomic E-state index is 0.0385. The summed E-state index contributed by atoms with van der Waals surface area (Å²) in [6.07, 6.45) is 4.08. The molecule has 4 nitrogen and oxygen atoms in total. The molecule has 86 valence electrons. The van der Waals surface area contributed by atoms with Crippen LogP contribution in [0.2, 0.25) is 0 Å². The zero-order chi connectivity index (χ0) is 11.7. The predicted octanol–water partition coefficient (Wildman–Crippen LogP) is 0.470. The number of carbonyl (C=O) groups is 2. The smallest absolute Gasteiger partial charge is 0.168 e. The van der Waals surface area contributed by atoms with Gasteiger partial charge in [-0.05, 0) is 18.9 Å². The van der Waals surface area contributed by atoms with Crippen LogP contribution in [0.3, 0.4) is 0 Å². The standard InChI is InChI=1S/C11H18O4/c1-2-3-4-5-10(14)9(8-13)11(15)6-7-12/h4-5,8-9,11-12,15H,2-3,6-7H2,1H3/b5-4-. The Bertz CT molecular complexity index is 223. The van der Waals surface area contributed by atoms with Crippen LogP contribution in [-0.2, 0) is 9.59 Å². The van der Waals surface area contributed by atoms with Crippen molar-refractivity contribution in [1.29, 1.82) is 0 Å². The number of hydrogen-bond donors (Lipinski definition) is 2. The Kier molecular flexibility index (Phi) is 7.77. The van der Waals surface area contributed by atoms with Crippen LogP contribution in [0.15, 0.2) is 12.2 Å². The lowest BCUT2D eigenvalue weighted by atomic mass is 9.96. The molecule has 0 bridgehead atoms. The average Bonchev–Trinajstić information content (AvgIpc) is 2.19. The molecule has 0 rings (SSSR count). The lowest BCUT2D eigenvalue weighted by molar-refractivity contribution is -0.128. The van der Waals surface area contributed by atoms with Gasteiger partial charge in [0.2, 0.25) is 0 Å². The average molecular weight is 214 g/mol. The highest BCUT2D eigenvalue weighted by Crippen LogP contribution is 2.07. The van der Waals surface area contributed by atoms with E-state index in [9.17, 15) is 14.7 Å². The molecule has 0 saturated heterocycles. The maximum atomic E-state index is 11.4. The van der Waals surface area contributed by atoms with E-state index in [0.29, 0.717) is 6.29 Å². The Morgan fingerprint density at radius 3 is 2.60 bits per heavy atom. The van der Waals surface area contributed by atoms with Crippen LogP contribution < -0.4 is 0 Å². The molecule has 0 amide bonds. The first-order valence-corrected chi connectivity index (χ1v) is 5.12. The van der Waals surface area contributed by atoms with Gasteiger partial charge in [0.25, 0.3) is 0 Å². The fourth-order valence-electron chi connectivity index (χ4n) is 1.14. The summed E-state index contributed by atoms with van der Waals surface area (Å²) in [5.41, 5.74) is 0. The van der Waals surface area contributed by atoms with E-state index in [1.54, 1.807) is 6.08 Å². The second-order valence-corrected chi connectivity index (χ2v) is 3.33. The molecule has 0 spiro atoms. The molecule has 0 heterocycles. The molecule has 0 aliphatic rings. The van der Waals surface area contributed by atoms with Gasteiger partial charge in [0.15, 0.2) is 5.78 Å². The zero-order valence-electron chi connectivity index (χ0n) is 8.93. The van der Waals surface area contributed by atoms with Gasteiger partial charge in [-0.25, -0.2) is 0 Å². The molecule has 2 N–H and O–H groups in total. The van der Waals surface area contributed by atoms with Crippen molar-refractivity contribution >= 4 is 12.1 Å². The molecule has 0 saturated carbocycles. The zero-order valence-corrected chi connectivity index (χ0v) is 8.93. The quantitative estimate of drug-likeness (QED) is 0.350. The molecule has 15 heavy (non-hydrogen) atoms. The third-order valence-corrected chi connectivity index (χ3v) is 2.05. The number of carbonyl (C=O) groups excluding carboxylic acids is 2. The molecule has 0 aliphatic carbocycles. The Morgan fingerprint density at radius 2 is 2.13 bits per heavy atom. The third kappa shape index (κ3) is 5.44. The number of hydrogen-bond acceptors (Lipinski definition) is 4. The Balaban J connectivity index is 4.27. The number of rotatable bonds is 8. The highest BCUT2D eigenvalue weighted by Gasteiger charge is 2.23. The van der Waals surface area contributed by atoms with E-state index in [1.807, 2.05) is 6.92 Å². The normalized spacial score (nSPS) is 15.1. The van der Waals surface area contributed by atoms with Crippen LogP contribution in [0.5, 0.6) is 0 Å². The highest BCUT2D eigenvalue weighted by atomic mass is 16.3. The van der Waals surface area contributed by atoms with E-state index in [1.165, 1.54) is 6.08 Å². The van der Waals surface area contributed by atoms with Crippen LogP contribution >= 0.6 is 0 Å². The molecule has 4 heteroatoms. The van der Waals surface area contributed by atoms with Crippen molar-refractivity contribution in [3.05, 3.63) is 12.2 Å². The van der Waals surface area contributed by atoms with Gasteiger partial charge in [-0.2, -0.15) is 0 Å². The molecule has 0 aromatic carbocycles. The minimum Gasteiger partial charge on any atom is -0.396 e. The fraction of sp³-hybridized carbons (Fsp3) is 0.636. The lowest BCUT2D eigenvalue weighted by Gasteiger charge is -2.13. The minimum atomic E-state index is -1.09. The molecule has 2 atom stereocenters. The molecule has 0 aromatic heterocycles. The van der Waals surface area contributed by atoms with Crippen molar-refractivity contribution in [3.8, 4) is 0 Å². The van der Waals surface area contributed by atoms with Gasteiger partial charge >= 0.3 is 0 Å². The summed E-state index contributed by atoms with van der Waals surface area (Å²) in [5, 5.41) is 18.0. The van der Waals surface area contributed by atoms with Gasteiger partial charge in [0, 0.05) is 6.61 Å². The van der Waals surface area contributed by atoms with Crippen LogP contribution in [0, 0.1) is 5.92 Å². The second-order valence-electron chi connectivity index (χ2n) is 3.33. The van der Waals surface area contributed by atoms with Crippen molar-refractivity contribution in [3.63, 3.8) is 0 Å². The van der Waals surface area contributed by atoms with Gasteiger partial charge in [-0.1, -0.05) is 19.4 Å². The van der Waals surface area contributed by atoms with Gasteiger partial charge < -0.3 is 15.0 Å². The fourth-order valence-corrected chi connectivity index (χ4v) is 1.14. The first-order valence-electron chi connectivity index (χ1n) is 5.12. The summed E-state index contributed by atoms with van der Waals surface area (Å²) in [6.45, 7) is 1.74. The van der Waals surface area contributed by atoms with E-state index in [-0.39, 0.29) is 13.0 Å². The summed E-state index contributed by atoms with van der Waals surface area (Å²) in [6, 6.07) is 0. The molecule has 2 unspecified atom stereocenters. The number of aldehydes is 1. The van der Waals surface area contributed by atoms with Crippen LogP contribution in [0.4, 0.5) is 0 Å². The number of allylic oxidation sites excluding steroid dienone is 2. The monoisotopic (exact) mass is 214 g/mol. The van der Waals surface area contributed by atoms with Crippen LogP contribution in [-0.4, -0.2) is 35.0 Å². The number of aliphatic hydroxyl groups excluding tert-OH is 2. The molecular formula is C11H18O4. The molecule has 0 aromatic rings. The Hall–Kier alpha value is -1.00. The van der Waals surface area contributed by atoms with Gasteiger partial charge in [0.1, 0.15) is 12.2 Å². The summed E-state index contributed by atoms with van der Waals surface area (Å²) in [4.78, 5) is 22.0. The summed E-state index contributed by atoms with van der Waals surface area (Å²) in [5.74, 6) is -1.45. The third-order valence-electron chi connectivity index (χ3n) is 2.05. The number of ketones is 1. The Morgan fingerprint density at radius 1 is 1.47 bits per heavy atom.